The van der Waals surface area contributed by atoms with Gasteiger partial charge in [0, 0.05) is 37.7 Å². The van der Waals surface area contributed by atoms with E-state index in [9.17, 15) is 4.79 Å². The van der Waals surface area contributed by atoms with Crippen LogP contribution in [0.1, 0.15) is 19.8 Å². The first-order valence-corrected chi connectivity index (χ1v) is 7.81. The van der Waals surface area contributed by atoms with Crippen molar-refractivity contribution in [1.82, 2.24) is 10.2 Å². The molecular weight excluding hydrogens is 246 g/mol. The molecule has 0 radical (unpaired) electrons. The fourth-order valence-electron chi connectivity index (χ4n) is 2.78. The van der Waals surface area contributed by atoms with E-state index >= 15 is 0 Å². The second-order valence-corrected chi connectivity index (χ2v) is 6.64. The molecule has 0 aromatic rings. The molecule has 1 aliphatic heterocycles. The van der Waals surface area contributed by atoms with Crippen molar-refractivity contribution in [3.05, 3.63) is 0 Å². The van der Waals surface area contributed by atoms with E-state index in [0.717, 1.165) is 32.5 Å². The monoisotopic (exact) mass is 267 g/mol. The molecule has 1 N–H and O–H groups in total. The summed E-state index contributed by atoms with van der Waals surface area (Å²) in [5.74, 6) is 2.82. The summed E-state index contributed by atoms with van der Waals surface area (Å²) in [6.45, 7) is 5.89. The van der Waals surface area contributed by atoms with Gasteiger partial charge in [0.25, 0.3) is 0 Å². The first kappa shape index (κ1) is 13.7. The quantitative estimate of drug-likeness (QED) is 0.828. The summed E-state index contributed by atoms with van der Waals surface area (Å²) >= 11 is 1.99. The van der Waals surface area contributed by atoms with Crippen molar-refractivity contribution in [2.75, 3.05) is 37.7 Å². The minimum absolute atomic E-state index is 0.0607. The topological polar surface area (TPSA) is 56.1 Å². The summed E-state index contributed by atoms with van der Waals surface area (Å²) in [4.78, 5) is 14.4. The highest BCUT2D eigenvalue weighted by Crippen LogP contribution is 2.44. The first-order valence-electron chi connectivity index (χ1n) is 6.66. The lowest BCUT2D eigenvalue weighted by atomic mass is 9.63. The Morgan fingerprint density at radius 1 is 1.50 bits per heavy atom. The summed E-state index contributed by atoms with van der Waals surface area (Å²) in [5.41, 5.74) is -0.725. The molecule has 0 spiro atoms. The average molecular weight is 267 g/mol. The molecule has 2 fully saturated rings. The van der Waals surface area contributed by atoms with Crippen LogP contribution in [0.2, 0.25) is 0 Å². The molecule has 1 saturated carbocycles. The van der Waals surface area contributed by atoms with Gasteiger partial charge in [-0.3, -0.25) is 9.69 Å². The Labute approximate surface area is 113 Å². The van der Waals surface area contributed by atoms with Crippen LogP contribution < -0.4 is 5.32 Å². The zero-order chi connectivity index (χ0) is 13.0. The van der Waals surface area contributed by atoms with Gasteiger partial charge in [-0.25, -0.2) is 0 Å². The maximum absolute atomic E-state index is 12.0. The van der Waals surface area contributed by atoms with E-state index in [1.807, 2.05) is 11.8 Å². The van der Waals surface area contributed by atoms with Gasteiger partial charge in [-0.1, -0.05) is 6.92 Å². The van der Waals surface area contributed by atoms with E-state index in [-0.39, 0.29) is 5.91 Å². The van der Waals surface area contributed by atoms with E-state index in [2.05, 4.69) is 23.2 Å². The van der Waals surface area contributed by atoms with Crippen LogP contribution in [0.25, 0.3) is 0 Å². The summed E-state index contributed by atoms with van der Waals surface area (Å²) in [5, 5.41) is 12.1. The van der Waals surface area contributed by atoms with Crippen molar-refractivity contribution in [3.63, 3.8) is 0 Å². The number of thioether (sulfide) groups is 1. The van der Waals surface area contributed by atoms with Gasteiger partial charge in [-0.2, -0.15) is 17.0 Å². The summed E-state index contributed by atoms with van der Waals surface area (Å²) in [6.07, 6.45) is 1.44. The number of nitrogens with zero attached hydrogens (tertiary/aromatic N) is 2. The van der Waals surface area contributed by atoms with Crippen LogP contribution in [-0.4, -0.2) is 48.5 Å². The number of hydrogen-bond donors (Lipinski definition) is 1. The van der Waals surface area contributed by atoms with Crippen molar-refractivity contribution in [3.8, 4) is 6.07 Å². The van der Waals surface area contributed by atoms with E-state index in [0.29, 0.717) is 12.5 Å². The van der Waals surface area contributed by atoms with Gasteiger partial charge in [0.05, 0.1) is 6.07 Å². The standard InChI is InChI=1S/C13H21N3OS/c1-11-8-13(9-11,10-14)12(17)15-2-3-16-4-6-18-7-5-16/h11H,2-9H2,1H3,(H,15,17). The van der Waals surface area contributed by atoms with Gasteiger partial charge < -0.3 is 5.32 Å². The van der Waals surface area contributed by atoms with E-state index < -0.39 is 5.41 Å². The fourth-order valence-corrected chi connectivity index (χ4v) is 3.76. The Balaban J connectivity index is 1.70. The minimum Gasteiger partial charge on any atom is -0.353 e. The fraction of sp³-hybridized carbons (Fsp3) is 0.846. The van der Waals surface area contributed by atoms with Crippen molar-refractivity contribution in [2.24, 2.45) is 11.3 Å². The molecule has 1 saturated heterocycles. The van der Waals surface area contributed by atoms with Crippen LogP contribution in [0.4, 0.5) is 0 Å². The van der Waals surface area contributed by atoms with E-state index in [4.69, 9.17) is 5.26 Å². The van der Waals surface area contributed by atoms with Crippen LogP contribution in [0, 0.1) is 22.7 Å². The average Bonchev–Trinajstić information content (AvgIpc) is 2.36. The number of hydrogen-bond acceptors (Lipinski definition) is 4. The molecule has 0 unspecified atom stereocenters. The molecule has 0 bridgehead atoms. The number of amides is 1. The van der Waals surface area contributed by atoms with E-state index in [1.165, 1.54) is 11.5 Å². The molecule has 0 atom stereocenters. The number of nitriles is 1. The highest BCUT2D eigenvalue weighted by atomic mass is 32.2. The third-order valence-corrected chi connectivity index (χ3v) is 4.80. The van der Waals surface area contributed by atoms with E-state index in [1.54, 1.807) is 0 Å². The van der Waals surface area contributed by atoms with Crippen LogP contribution in [0.5, 0.6) is 0 Å². The molecule has 18 heavy (non-hydrogen) atoms. The molecule has 2 rings (SSSR count). The summed E-state index contributed by atoms with van der Waals surface area (Å²) in [7, 11) is 0. The third-order valence-electron chi connectivity index (χ3n) is 3.86. The number of carbonyl (C=O) groups is 1. The number of carbonyl (C=O) groups excluding carboxylic acids is 1. The van der Waals surface area contributed by atoms with Gasteiger partial charge in [0.15, 0.2) is 0 Å². The summed E-state index contributed by atoms with van der Waals surface area (Å²) < 4.78 is 0. The molecule has 1 heterocycles. The molecule has 0 aromatic carbocycles. The largest absolute Gasteiger partial charge is 0.353 e. The lowest BCUT2D eigenvalue weighted by Gasteiger charge is -2.39. The summed E-state index contributed by atoms with van der Waals surface area (Å²) in [6, 6.07) is 2.20. The van der Waals surface area contributed by atoms with Crippen molar-refractivity contribution >= 4 is 17.7 Å². The molecule has 5 heteroatoms. The van der Waals surface area contributed by atoms with Crippen LogP contribution in [-0.2, 0) is 4.79 Å². The second-order valence-electron chi connectivity index (χ2n) is 5.42. The molecule has 100 valence electrons. The van der Waals surface area contributed by atoms with Gasteiger partial charge in [-0.05, 0) is 18.8 Å². The smallest absolute Gasteiger partial charge is 0.240 e. The number of nitrogens with one attached hydrogen (secondary N) is 1. The van der Waals surface area contributed by atoms with Crippen molar-refractivity contribution in [2.45, 2.75) is 19.8 Å². The van der Waals surface area contributed by atoms with Crippen LogP contribution >= 0.6 is 11.8 Å². The Morgan fingerprint density at radius 2 is 2.17 bits per heavy atom. The van der Waals surface area contributed by atoms with Crippen LogP contribution in [0.15, 0.2) is 0 Å². The zero-order valence-electron chi connectivity index (χ0n) is 10.9. The van der Waals surface area contributed by atoms with Gasteiger partial charge in [-0.15, -0.1) is 0 Å². The van der Waals surface area contributed by atoms with Crippen LogP contribution in [0.3, 0.4) is 0 Å². The van der Waals surface area contributed by atoms with Gasteiger partial charge >= 0.3 is 0 Å². The Hall–Kier alpha value is -0.730. The zero-order valence-corrected chi connectivity index (χ0v) is 11.8. The molecule has 1 aliphatic carbocycles. The first-order chi connectivity index (χ1) is 8.66. The highest BCUT2D eigenvalue weighted by molar-refractivity contribution is 7.99. The number of rotatable bonds is 4. The lowest BCUT2D eigenvalue weighted by Crippen LogP contribution is -2.50. The SMILES string of the molecule is CC1CC(C#N)(C(=O)NCCN2CCSCC2)C1. The Morgan fingerprint density at radius 3 is 2.72 bits per heavy atom. The second kappa shape index (κ2) is 5.94. The molecule has 4 nitrogen and oxygen atoms in total. The lowest BCUT2D eigenvalue weighted by molar-refractivity contribution is -0.134. The Kier molecular flexibility index (Phi) is 4.52. The third kappa shape index (κ3) is 2.99. The maximum Gasteiger partial charge on any atom is 0.240 e. The van der Waals surface area contributed by atoms with Gasteiger partial charge in [0.1, 0.15) is 5.41 Å². The minimum atomic E-state index is -0.725. The predicted molar refractivity (Wildman–Crippen MR) is 73.2 cm³/mol. The Bertz CT molecular complexity index is 341. The normalized spacial score (nSPS) is 32.3. The molecule has 2 aliphatic rings. The highest BCUT2D eigenvalue weighted by Gasteiger charge is 2.48. The van der Waals surface area contributed by atoms with Crippen molar-refractivity contribution in [1.29, 1.82) is 5.26 Å². The predicted octanol–water partition coefficient (Wildman–Crippen LogP) is 1.09. The molecule has 0 aromatic heterocycles. The molecule has 1 amide bonds. The molecular formula is C13H21N3OS. The van der Waals surface area contributed by atoms with Gasteiger partial charge in [0.2, 0.25) is 5.91 Å². The maximum atomic E-state index is 12.0. The van der Waals surface area contributed by atoms with Crippen molar-refractivity contribution < 1.29 is 4.79 Å².